The van der Waals surface area contributed by atoms with Crippen LogP contribution >= 0.6 is 11.6 Å². The molecule has 1 amide bonds. The Bertz CT molecular complexity index is 270. The predicted molar refractivity (Wildman–Crippen MR) is 75.8 cm³/mol. The van der Waals surface area contributed by atoms with E-state index in [1.165, 1.54) is 32.1 Å². The zero-order valence-electron chi connectivity index (χ0n) is 11.5. The molecule has 0 aromatic carbocycles. The van der Waals surface area contributed by atoms with Crippen molar-refractivity contribution < 1.29 is 4.79 Å². The van der Waals surface area contributed by atoms with Crippen molar-refractivity contribution in [3.63, 3.8) is 0 Å². The van der Waals surface area contributed by atoms with E-state index in [9.17, 15) is 4.79 Å². The Morgan fingerprint density at radius 3 is 2.33 bits per heavy atom. The molecule has 0 saturated heterocycles. The fraction of sp³-hybridized carbons (Fsp3) is 0.933. The SMILES string of the molecule is CC1CCC(C(=O)N(CCCCl)C2CCC2)CC1. The van der Waals surface area contributed by atoms with Crippen LogP contribution in [0.15, 0.2) is 0 Å². The van der Waals surface area contributed by atoms with E-state index in [0.29, 0.717) is 23.7 Å². The number of carbonyl (C=O) groups is 1. The van der Waals surface area contributed by atoms with Crippen LogP contribution in [0.5, 0.6) is 0 Å². The third-order valence-corrected chi connectivity index (χ3v) is 4.96. The molecule has 2 aliphatic carbocycles. The number of hydrogen-bond acceptors (Lipinski definition) is 1. The minimum Gasteiger partial charge on any atom is -0.339 e. The van der Waals surface area contributed by atoms with Crippen molar-refractivity contribution >= 4 is 17.5 Å². The lowest BCUT2D eigenvalue weighted by Gasteiger charge is -2.40. The highest BCUT2D eigenvalue weighted by Gasteiger charge is 2.33. The summed E-state index contributed by atoms with van der Waals surface area (Å²) in [5.74, 6) is 2.21. The highest BCUT2D eigenvalue weighted by Crippen LogP contribution is 2.32. The second kappa shape index (κ2) is 6.79. The molecule has 104 valence electrons. The average Bonchev–Trinajstić information content (AvgIpc) is 2.32. The lowest BCUT2D eigenvalue weighted by molar-refractivity contribution is -0.141. The van der Waals surface area contributed by atoms with Crippen molar-refractivity contribution in [2.75, 3.05) is 12.4 Å². The first-order chi connectivity index (χ1) is 8.72. The zero-order valence-corrected chi connectivity index (χ0v) is 12.3. The molecule has 2 saturated carbocycles. The summed E-state index contributed by atoms with van der Waals surface area (Å²) in [4.78, 5) is 14.8. The molecule has 2 nitrogen and oxygen atoms in total. The van der Waals surface area contributed by atoms with Crippen LogP contribution in [0.4, 0.5) is 0 Å². The van der Waals surface area contributed by atoms with Crippen molar-refractivity contribution in [1.82, 2.24) is 4.90 Å². The van der Waals surface area contributed by atoms with E-state index in [-0.39, 0.29) is 0 Å². The van der Waals surface area contributed by atoms with Crippen molar-refractivity contribution in [2.24, 2.45) is 11.8 Å². The van der Waals surface area contributed by atoms with Crippen molar-refractivity contribution in [3.8, 4) is 0 Å². The smallest absolute Gasteiger partial charge is 0.225 e. The second-order valence-corrected chi connectivity index (χ2v) is 6.49. The van der Waals surface area contributed by atoms with E-state index in [1.54, 1.807) is 0 Å². The van der Waals surface area contributed by atoms with E-state index in [2.05, 4.69) is 11.8 Å². The second-order valence-electron chi connectivity index (χ2n) is 6.12. The fourth-order valence-corrected chi connectivity index (χ4v) is 3.26. The van der Waals surface area contributed by atoms with Gasteiger partial charge in [-0.3, -0.25) is 4.79 Å². The molecule has 0 atom stereocenters. The summed E-state index contributed by atoms with van der Waals surface area (Å²) >= 11 is 5.78. The van der Waals surface area contributed by atoms with E-state index in [0.717, 1.165) is 31.7 Å². The number of nitrogens with zero attached hydrogens (tertiary/aromatic N) is 1. The van der Waals surface area contributed by atoms with E-state index >= 15 is 0 Å². The topological polar surface area (TPSA) is 20.3 Å². The molecule has 0 unspecified atom stereocenters. The van der Waals surface area contributed by atoms with Crippen LogP contribution in [0.3, 0.4) is 0 Å². The normalized spacial score (nSPS) is 28.8. The Morgan fingerprint density at radius 2 is 1.83 bits per heavy atom. The standard InChI is InChI=1S/C15H26ClNO/c1-12-6-8-13(9-7-12)15(18)17(11-3-10-16)14-4-2-5-14/h12-14H,2-11H2,1H3. The number of halogens is 1. The largest absolute Gasteiger partial charge is 0.339 e. The predicted octanol–water partition coefficient (Wildman–Crippen LogP) is 3.82. The Morgan fingerprint density at radius 1 is 1.17 bits per heavy atom. The number of hydrogen-bond donors (Lipinski definition) is 0. The molecule has 3 heteroatoms. The Labute approximate surface area is 116 Å². The van der Waals surface area contributed by atoms with Crippen molar-refractivity contribution in [3.05, 3.63) is 0 Å². The highest BCUT2D eigenvalue weighted by atomic mass is 35.5. The number of alkyl halides is 1. The number of rotatable bonds is 5. The van der Waals surface area contributed by atoms with Gasteiger partial charge < -0.3 is 4.90 Å². The molecule has 0 bridgehead atoms. The quantitative estimate of drug-likeness (QED) is 0.696. The molecule has 0 N–H and O–H groups in total. The van der Waals surface area contributed by atoms with Gasteiger partial charge in [0.25, 0.3) is 0 Å². The van der Waals surface area contributed by atoms with E-state index in [1.807, 2.05) is 0 Å². The minimum atomic E-state index is 0.303. The summed E-state index contributed by atoms with van der Waals surface area (Å²) < 4.78 is 0. The van der Waals surface area contributed by atoms with Crippen LogP contribution in [-0.4, -0.2) is 29.3 Å². The van der Waals surface area contributed by atoms with Crippen molar-refractivity contribution in [2.45, 2.75) is 64.3 Å². The van der Waals surface area contributed by atoms with Gasteiger partial charge in [0.05, 0.1) is 0 Å². The van der Waals surface area contributed by atoms with Gasteiger partial charge in [0.15, 0.2) is 0 Å². The van der Waals surface area contributed by atoms with Crippen LogP contribution in [0.25, 0.3) is 0 Å². The molecule has 2 rings (SSSR count). The van der Waals surface area contributed by atoms with E-state index in [4.69, 9.17) is 11.6 Å². The summed E-state index contributed by atoms with van der Waals surface area (Å²) in [6.07, 6.45) is 9.29. The van der Waals surface area contributed by atoms with E-state index < -0.39 is 0 Å². The summed E-state index contributed by atoms with van der Waals surface area (Å²) in [6, 6.07) is 0.528. The average molecular weight is 272 g/mol. The van der Waals surface area contributed by atoms with Crippen LogP contribution < -0.4 is 0 Å². The Balaban J connectivity index is 1.89. The zero-order chi connectivity index (χ0) is 13.0. The van der Waals surface area contributed by atoms with Crippen LogP contribution in [0.1, 0.15) is 58.3 Å². The van der Waals surface area contributed by atoms with Gasteiger partial charge in [-0.15, -0.1) is 11.6 Å². The Hall–Kier alpha value is -0.240. The monoisotopic (exact) mass is 271 g/mol. The molecule has 0 aromatic heterocycles. The minimum absolute atomic E-state index is 0.303. The van der Waals surface area contributed by atoms with Gasteiger partial charge in [-0.05, 0) is 57.3 Å². The summed E-state index contributed by atoms with van der Waals surface area (Å²) in [5.41, 5.74) is 0. The molecule has 0 aromatic rings. The molecule has 2 aliphatic rings. The van der Waals surface area contributed by atoms with Gasteiger partial charge in [-0.25, -0.2) is 0 Å². The van der Waals surface area contributed by atoms with Gasteiger partial charge in [0.1, 0.15) is 0 Å². The van der Waals surface area contributed by atoms with Gasteiger partial charge in [-0.2, -0.15) is 0 Å². The lowest BCUT2D eigenvalue weighted by atomic mass is 9.81. The summed E-state index contributed by atoms with van der Waals surface area (Å²) in [5, 5.41) is 0. The Kier molecular flexibility index (Phi) is 5.35. The van der Waals surface area contributed by atoms with Crippen molar-refractivity contribution in [1.29, 1.82) is 0 Å². The molecule has 0 heterocycles. The van der Waals surface area contributed by atoms with Gasteiger partial charge in [0, 0.05) is 24.4 Å². The fourth-order valence-electron chi connectivity index (χ4n) is 3.14. The molecular weight excluding hydrogens is 246 g/mol. The molecule has 0 spiro atoms. The first kappa shape index (κ1) is 14.2. The molecular formula is C15H26ClNO. The third kappa shape index (κ3) is 3.40. The first-order valence-electron chi connectivity index (χ1n) is 7.58. The molecule has 18 heavy (non-hydrogen) atoms. The maximum absolute atomic E-state index is 12.6. The highest BCUT2D eigenvalue weighted by molar-refractivity contribution is 6.17. The van der Waals surface area contributed by atoms with Gasteiger partial charge >= 0.3 is 0 Å². The van der Waals surface area contributed by atoms with Crippen LogP contribution in [-0.2, 0) is 4.79 Å². The molecule has 2 fully saturated rings. The third-order valence-electron chi connectivity index (χ3n) is 4.70. The summed E-state index contributed by atoms with van der Waals surface area (Å²) in [7, 11) is 0. The molecule has 0 aliphatic heterocycles. The summed E-state index contributed by atoms with van der Waals surface area (Å²) in [6.45, 7) is 3.18. The maximum atomic E-state index is 12.6. The molecule has 0 radical (unpaired) electrons. The maximum Gasteiger partial charge on any atom is 0.225 e. The van der Waals surface area contributed by atoms with Crippen LogP contribution in [0, 0.1) is 11.8 Å². The number of carbonyl (C=O) groups excluding carboxylic acids is 1. The lowest BCUT2D eigenvalue weighted by Crippen LogP contribution is -2.47. The number of amides is 1. The van der Waals surface area contributed by atoms with Gasteiger partial charge in [-0.1, -0.05) is 6.92 Å². The first-order valence-corrected chi connectivity index (χ1v) is 8.12. The van der Waals surface area contributed by atoms with Gasteiger partial charge in [0.2, 0.25) is 5.91 Å². The van der Waals surface area contributed by atoms with Crippen LogP contribution in [0.2, 0.25) is 0 Å².